The zero-order valence-electron chi connectivity index (χ0n) is 14.5. The third-order valence-electron chi connectivity index (χ3n) is 3.41. The van der Waals surface area contributed by atoms with E-state index in [9.17, 15) is 27.2 Å². The van der Waals surface area contributed by atoms with Crippen molar-refractivity contribution in [3.8, 4) is 0 Å². The lowest BCUT2D eigenvalue weighted by molar-refractivity contribution is -0.127. The standard InChI is InChI=1S/C17H16FN3O6S/c1-10(15(22)20-17(19)24)27-16(23)13-4-2-3-5-14(13)21-28(25,26)12-8-6-11(18)7-9-12/h2-10,21H,1H3,(H3,19,20,22,24)/t10-/m0/s1. The lowest BCUT2D eigenvalue weighted by atomic mass is 10.2. The van der Waals surface area contributed by atoms with Gasteiger partial charge in [-0.15, -0.1) is 0 Å². The number of benzene rings is 2. The third kappa shape index (κ3) is 5.27. The molecule has 0 fully saturated rings. The van der Waals surface area contributed by atoms with Gasteiger partial charge < -0.3 is 10.5 Å². The van der Waals surface area contributed by atoms with Gasteiger partial charge in [-0.3, -0.25) is 14.8 Å². The van der Waals surface area contributed by atoms with Gasteiger partial charge in [-0.25, -0.2) is 22.4 Å². The SMILES string of the molecule is C[C@H](OC(=O)c1ccccc1NS(=O)(=O)c1ccc(F)cc1)C(=O)NC(N)=O. The van der Waals surface area contributed by atoms with E-state index in [1.165, 1.54) is 31.2 Å². The monoisotopic (exact) mass is 409 g/mol. The maximum atomic E-state index is 13.0. The summed E-state index contributed by atoms with van der Waals surface area (Å²) >= 11 is 0. The Kier molecular flexibility index (Phi) is 6.31. The fraction of sp³-hybridized carbons (Fsp3) is 0.118. The summed E-state index contributed by atoms with van der Waals surface area (Å²) in [6.45, 7) is 1.21. The van der Waals surface area contributed by atoms with Crippen molar-refractivity contribution < 1.29 is 31.9 Å². The van der Waals surface area contributed by atoms with Gasteiger partial charge in [-0.1, -0.05) is 12.1 Å². The second kappa shape index (κ2) is 8.48. The molecule has 2 rings (SSSR count). The highest BCUT2D eigenvalue weighted by molar-refractivity contribution is 7.92. The maximum absolute atomic E-state index is 13.0. The summed E-state index contributed by atoms with van der Waals surface area (Å²) in [7, 11) is -4.11. The summed E-state index contributed by atoms with van der Waals surface area (Å²) in [5, 5.41) is 1.76. The van der Waals surface area contributed by atoms with Crippen LogP contribution in [0, 0.1) is 5.82 Å². The highest BCUT2D eigenvalue weighted by Gasteiger charge is 2.23. The van der Waals surface area contributed by atoms with Crippen LogP contribution in [-0.2, 0) is 19.6 Å². The topological polar surface area (TPSA) is 145 Å². The van der Waals surface area contributed by atoms with Crippen LogP contribution in [0.15, 0.2) is 53.4 Å². The van der Waals surface area contributed by atoms with Crippen LogP contribution in [0.1, 0.15) is 17.3 Å². The van der Waals surface area contributed by atoms with Crippen molar-refractivity contribution in [2.75, 3.05) is 4.72 Å². The van der Waals surface area contributed by atoms with E-state index in [2.05, 4.69) is 4.72 Å². The van der Waals surface area contributed by atoms with Crippen molar-refractivity contribution in [1.82, 2.24) is 5.32 Å². The first kappa shape index (κ1) is 20.8. The van der Waals surface area contributed by atoms with Crippen molar-refractivity contribution in [3.63, 3.8) is 0 Å². The lowest BCUT2D eigenvalue weighted by Crippen LogP contribution is -2.42. The fourth-order valence-corrected chi connectivity index (χ4v) is 3.15. The van der Waals surface area contributed by atoms with Crippen LogP contribution in [0.2, 0.25) is 0 Å². The Morgan fingerprint density at radius 1 is 1.07 bits per heavy atom. The number of amides is 3. The van der Waals surface area contributed by atoms with Crippen LogP contribution in [0.25, 0.3) is 0 Å². The quantitative estimate of drug-likeness (QED) is 0.615. The van der Waals surface area contributed by atoms with E-state index in [4.69, 9.17) is 10.5 Å². The van der Waals surface area contributed by atoms with E-state index < -0.39 is 39.9 Å². The Morgan fingerprint density at radius 2 is 1.68 bits per heavy atom. The molecule has 0 aromatic heterocycles. The number of ether oxygens (including phenoxy) is 1. The number of para-hydroxylation sites is 1. The molecule has 0 radical (unpaired) electrons. The van der Waals surface area contributed by atoms with Crippen LogP contribution in [0.3, 0.4) is 0 Å². The van der Waals surface area contributed by atoms with Gasteiger partial charge in [0.05, 0.1) is 16.1 Å². The van der Waals surface area contributed by atoms with Gasteiger partial charge in [-0.2, -0.15) is 0 Å². The molecule has 0 saturated carbocycles. The lowest BCUT2D eigenvalue weighted by Gasteiger charge is -2.15. The number of esters is 1. The van der Waals surface area contributed by atoms with Gasteiger partial charge in [-0.05, 0) is 43.3 Å². The Bertz CT molecular complexity index is 1010. The normalized spacial score (nSPS) is 11.9. The first-order valence-electron chi connectivity index (χ1n) is 7.79. The number of rotatable bonds is 6. The zero-order valence-corrected chi connectivity index (χ0v) is 15.3. The smallest absolute Gasteiger partial charge is 0.341 e. The molecule has 11 heteroatoms. The predicted octanol–water partition coefficient (Wildman–Crippen LogP) is 1.37. The fourth-order valence-electron chi connectivity index (χ4n) is 2.07. The van der Waals surface area contributed by atoms with E-state index in [1.54, 1.807) is 5.32 Å². The van der Waals surface area contributed by atoms with Crippen molar-refractivity contribution in [2.24, 2.45) is 5.73 Å². The van der Waals surface area contributed by atoms with Gasteiger partial charge in [0.15, 0.2) is 6.10 Å². The summed E-state index contributed by atoms with van der Waals surface area (Å²) in [6, 6.07) is 8.50. The summed E-state index contributed by atoms with van der Waals surface area (Å²) in [6.07, 6.45) is -1.36. The van der Waals surface area contributed by atoms with Crippen LogP contribution < -0.4 is 15.8 Å². The van der Waals surface area contributed by atoms with Crippen molar-refractivity contribution >= 4 is 33.6 Å². The number of hydrogen-bond acceptors (Lipinski definition) is 6. The molecule has 3 amide bonds. The first-order valence-corrected chi connectivity index (χ1v) is 9.27. The minimum atomic E-state index is -4.11. The van der Waals surface area contributed by atoms with Crippen molar-refractivity contribution in [2.45, 2.75) is 17.9 Å². The van der Waals surface area contributed by atoms with Crippen LogP contribution in [0.4, 0.5) is 14.9 Å². The van der Waals surface area contributed by atoms with Gasteiger partial charge in [0, 0.05) is 0 Å². The first-order chi connectivity index (χ1) is 13.1. The van der Waals surface area contributed by atoms with Crippen molar-refractivity contribution in [3.05, 3.63) is 59.9 Å². The summed E-state index contributed by atoms with van der Waals surface area (Å²) in [5.41, 5.74) is 4.53. The minimum absolute atomic E-state index is 0.112. The highest BCUT2D eigenvalue weighted by Crippen LogP contribution is 2.21. The number of primary amides is 1. The molecule has 2 aromatic rings. The van der Waals surface area contributed by atoms with Crippen LogP contribution in [0.5, 0.6) is 0 Å². The number of carbonyl (C=O) groups is 3. The van der Waals surface area contributed by atoms with Gasteiger partial charge in [0.25, 0.3) is 15.9 Å². The van der Waals surface area contributed by atoms with Crippen LogP contribution >= 0.6 is 0 Å². The minimum Gasteiger partial charge on any atom is -0.449 e. The molecule has 0 heterocycles. The van der Waals surface area contributed by atoms with E-state index in [0.717, 1.165) is 24.3 Å². The molecule has 9 nitrogen and oxygen atoms in total. The molecule has 0 aliphatic heterocycles. The number of hydrogen-bond donors (Lipinski definition) is 3. The number of halogens is 1. The summed E-state index contributed by atoms with van der Waals surface area (Å²) in [5.74, 6) is -2.55. The van der Waals surface area contributed by atoms with Crippen LogP contribution in [-0.4, -0.2) is 32.4 Å². The van der Waals surface area contributed by atoms with E-state index >= 15 is 0 Å². The zero-order chi connectivity index (χ0) is 20.9. The summed E-state index contributed by atoms with van der Waals surface area (Å²) < 4.78 is 45.0. The molecule has 0 spiro atoms. The molecule has 28 heavy (non-hydrogen) atoms. The average molecular weight is 409 g/mol. The molecule has 1 atom stereocenters. The molecular formula is C17H16FN3O6S. The Hall–Kier alpha value is -3.47. The second-order valence-electron chi connectivity index (χ2n) is 5.51. The number of imide groups is 1. The Labute approximate surface area is 159 Å². The molecular weight excluding hydrogens is 393 g/mol. The molecule has 4 N–H and O–H groups in total. The number of nitrogens with one attached hydrogen (secondary N) is 2. The molecule has 0 aliphatic rings. The largest absolute Gasteiger partial charge is 0.449 e. The molecule has 0 bridgehead atoms. The maximum Gasteiger partial charge on any atom is 0.341 e. The van der Waals surface area contributed by atoms with Crippen molar-refractivity contribution in [1.29, 1.82) is 0 Å². The Morgan fingerprint density at radius 3 is 2.29 bits per heavy atom. The number of nitrogens with two attached hydrogens (primary N) is 1. The van der Waals surface area contributed by atoms with Gasteiger partial charge in [0.1, 0.15) is 5.82 Å². The van der Waals surface area contributed by atoms with E-state index in [0.29, 0.717) is 0 Å². The predicted molar refractivity (Wildman–Crippen MR) is 96.3 cm³/mol. The van der Waals surface area contributed by atoms with Gasteiger partial charge >= 0.3 is 12.0 Å². The molecule has 0 aliphatic carbocycles. The molecule has 148 valence electrons. The molecule has 0 unspecified atom stereocenters. The number of urea groups is 1. The summed E-state index contributed by atoms with van der Waals surface area (Å²) in [4.78, 5) is 34.4. The highest BCUT2D eigenvalue weighted by atomic mass is 32.2. The van der Waals surface area contributed by atoms with E-state index in [-0.39, 0.29) is 16.1 Å². The number of carbonyl (C=O) groups excluding carboxylic acids is 3. The number of sulfonamides is 1. The van der Waals surface area contributed by atoms with E-state index in [1.807, 2.05) is 0 Å². The number of anilines is 1. The molecule has 0 saturated heterocycles. The Balaban J connectivity index is 2.22. The molecule has 2 aromatic carbocycles. The average Bonchev–Trinajstić information content (AvgIpc) is 2.61. The third-order valence-corrected chi connectivity index (χ3v) is 4.80. The second-order valence-corrected chi connectivity index (χ2v) is 7.19. The van der Waals surface area contributed by atoms with Gasteiger partial charge in [0.2, 0.25) is 0 Å².